The summed E-state index contributed by atoms with van der Waals surface area (Å²) in [5.41, 5.74) is 5.85. The third kappa shape index (κ3) is 2.28. The molecular weight excluding hydrogens is 267 g/mol. The molecule has 96 valence electrons. The van der Waals surface area contributed by atoms with E-state index in [-0.39, 0.29) is 10.6 Å². The van der Waals surface area contributed by atoms with Gasteiger partial charge in [0, 0.05) is 17.6 Å². The Bertz CT molecular complexity index is 570. The molecule has 2 rings (SSSR count). The minimum atomic E-state index is -4.45. The number of nitrogens with zero attached hydrogens (tertiary/aromatic N) is 2. The van der Waals surface area contributed by atoms with Gasteiger partial charge in [0.1, 0.15) is 0 Å². The van der Waals surface area contributed by atoms with Crippen molar-refractivity contribution < 1.29 is 13.2 Å². The van der Waals surface area contributed by atoms with Crippen molar-refractivity contribution in [3.8, 4) is 11.3 Å². The highest BCUT2D eigenvalue weighted by Crippen LogP contribution is 2.35. The molecule has 0 saturated carbocycles. The summed E-state index contributed by atoms with van der Waals surface area (Å²) in [5.74, 6) is 0. The Balaban J connectivity index is 2.63. The SMILES string of the molecule is Cn1ncc(N)c1-c1cc(Cl)cc(C(F)(F)F)c1. The van der Waals surface area contributed by atoms with Gasteiger partial charge in [0.2, 0.25) is 0 Å². The van der Waals surface area contributed by atoms with Gasteiger partial charge in [0.15, 0.2) is 0 Å². The third-order valence-corrected chi connectivity index (χ3v) is 2.68. The van der Waals surface area contributed by atoms with Crippen molar-refractivity contribution in [2.75, 3.05) is 5.73 Å². The van der Waals surface area contributed by atoms with Crippen LogP contribution in [0.25, 0.3) is 11.3 Å². The van der Waals surface area contributed by atoms with Crippen LogP contribution in [0.2, 0.25) is 5.02 Å². The number of aromatic nitrogens is 2. The van der Waals surface area contributed by atoms with E-state index in [1.54, 1.807) is 7.05 Å². The van der Waals surface area contributed by atoms with Gasteiger partial charge in [-0.15, -0.1) is 0 Å². The summed E-state index contributed by atoms with van der Waals surface area (Å²) in [6.07, 6.45) is -3.07. The first-order valence-electron chi connectivity index (χ1n) is 4.94. The normalized spacial score (nSPS) is 11.8. The first-order valence-corrected chi connectivity index (χ1v) is 5.32. The number of rotatable bonds is 1. The summed E-state index contributed by atoms with van der Waals surface area (Å²) < 4.78 is 39.4. The summed E-state index contributed by atoms with van der Waals surface area (Å²) in [5, 5.41) is 3.88. The second-order valence-corrected chi connectivity index (χ2v) is 4.23. The molecule has 2 N–H and O–H groups in total. The molecule has 0 amide bonds. The van der Waals surface area contributed by atoms with Gasteiger partial charge >= 0.3 is 6.18 Å². The van der Waals surface area contributed by atoms with Crippen LogP contribution in [0.1, 0.15) is 5.56 Å². The molecule has 0 saturated heterocycles. The first-order chi connectivity index (χ1) is 8.29. The molecule has 18 heavy (non-hydrogen) atoms. The number of anilines is 1. The van der Waals surface area contributed by atoms with E-state index >= 15 is 0 Å². The molecule has 0 atom stereocenters. The summed E-state index contributed by atoms with van der Waals surface area (Å²) in [4.78, 5) is 0. The molecule has 0 radical (unpaired) electrons. The number of halogens is 4. The predicted molar refractivity (Wildman–Crippen MR) is 63.1 cm³/mol. The average molecular weight is 276 g/mol. The van der Waals surface area contributed by atoms with Gasteiger partial charge in [-0.3, -0.25) is 4.68 Å². The van der Waals surface area contributed by atoms with Crippen LogP contribution in [0.5, 0.6) is 0 Å². The van der Waals surface area contributed by atoms with Crippen molar-refractivity contribution in [2.24, 2.45) is 7.05 Å². The number of hydrogen-bond acceptors (Lipinski definition) is 2. The maximum absolute atomic E-state index is 12.7. The van der Waals surface area contributed by atoms with Gasteiger partial charge in [-0.2, -0.15) is 18.3 Å². The van der Waals surface area contributed by atoms with Crippen LogP contribution in [-0.4, -0.2) is 9.78 Å². The fraction of sp³-hybridized carbons (Fsp3) is 0.182. The predicted octanol–water partition coefficient (Wildman–Crippen LogP) is 3.34. The number of hydrogen-bond donors (Lipinski definition) is 1. The lowest BCUT2D eigenvalue weighted by molar-refractivity contribution is -0.137. The number of benzene rings is 1. The Kier molecular flexibility index (Phi) is 2.98. The van der Waals surface area contributed by atoms with Crippen molar-refractivity contribution >= 4 is 17.3 Å². The van der Waals surface area contributed by atoms with Gasteiger partial charge in [0.25, 0.3) is 0 Å². The van der Waals surface area contributed by atoms with E-state index in [2.05, 4.69) is 5.10 Å². The van der Waals surface area contributed by atoms with Crippen molar-refractivity contribution in [3.63, 3.8) is 0 Å². The quantitative estimate of drug-likeness (QED) is 0.867. The summed E-state index contributed by atoms with van der Waals surface area (Å²) in [6.45, 7) is 0. The maximum Gasteiger partial charge on any atom is 0.416 e. The largest absolute Gasteiger partial charge is 0.416 e. The molecule has 0 unspecified atom stereocenters. The lowest BCUT2D eigenvalue weighted by Gasteiger charge is -2.10. The Morgan fingerprint density at radius 1 is 1.28 bits per heavy atom. The molecule has 3 nitrogen and oxygen atoms in total. The molecule has 1 aromatic carbocycles. The second kappa shape index (κ2) is 4.20. The molecule has 0 aliphatic carbocycles. The van der Waals surface area contributed by atoms with E-state index in [0.29, 0.717) is 11.4 Å². The van der Waals surface area contributed by atoms with Crippen LogP contribution in [0, 0.1) is 0 Å². The van der Waals surface area contributed by atoms with Crippen molar-refractivity contribution in [3.05, 3.63) is 35.0 Å². The van der Waals surface area contributed by atoms with Crippen LogP contribution < -0.4 is 5.73 Å². The molecule has 0 aliphatic rings. The van der Waals surface area contributed by atoms with Gasteiger partial charge in [-0.25, -0.2) is 0 Å². The second-order valence-electron chi connectivity index (χ2n) is 3.80. The van der Waals surface area contributed by atoms with Crippen LogP contribution in [0.15, 0.2) is 24.4 Å². The van der Waals surface area contributed by atoms with Gasteiger partial charge in [-0.05, 0) is 18.2 Å². The molecule has 0 spiro atoms. The zero-order valence-electron chi connectivity index (χ0n) is 9.29. The minimum absolute atomic E-state index is 0.000394. The van der Waals surface area contributed by atoms with E-state index in [9.17, 15) is 13.2 Å². The van der Waals surface area contributed by atoms with E-state index in [1.807, 2.05) is 0 Å². The Hall–Kier alpha value is -1.69. The fourth-order valence-electron chi connectivity index (χ4n) is 1.70. The maximum atomic E-state index is 12.7. The Morgan fingerprint density at radius 2 is 1.94 bits per heavy atom. The highest BCUT2D eigenvalue weighted by molar-refractivity contribution is 6.31. The highest BCUT2D eigenvalue weighted by Gasteiger charge is 2.31. The smallest absolute Gasteiger partial charge is 0.396 e. The molecular formula is C11H9ClF3N3. The first kappa shape index (κ1) is 12.8. The van der Waals surface area contributed by atoms with Crippen LogP contribution in [0.3, 0.4) is 0 Å². The molecule has 1 aromatic heterocycles. The monoisotopic (exact) mass is 275 g/mol. The molecule has 0 bridgehead atoms. The standard InChI is InChI=1S/C11H9ClF3N3/c1-18-10(9(16)5-17-18)6-2-7(11(13,14)15)4-8(12)3-6/h2-5H,16H2,1H3. The van der Waals surface area contributed by atoms with E-state index in [4.69, 9.17) is 17.3 Å². The van der Waals surface area contributed by atoms with Gasteiger partial charge in [-0.1, -0.05) is 11.6 Å². The topological polar surface area (TPSA) is 43.8 Å². The van der Waals surface area contributed by atoms with Crippen LogP contribution >= 0.6 is 11.6 Å². The summed E-state index contributed by atoms with van der Waals surface area (Å²) in [6, 6.07) is 3.29. The van der Waals surface area contributed by atoms with E-state index in [1.165, 1.54) is 16.9 Å². The van der Waals surface area contributed by atoms with Crippen molar-refractivity contribution in [1.29, 1.82) is 0 Å². The Morgan fingerprint density at radius 3 is 2.44 bits per heavy atom. The van der Waals surface area contributed by atoms with Crippen LogP contribution in [-0.2, 0) is 13.2 Å². The van der Waals surface area contributed by atoms with Gasteiger partial charge < -0.3 is 5.73 Å². The third-order valence-electron chi connectivity index (χ3n) is 2.47. The number of nitrogen functional groups attached to an aromatic ring is 1. The lowest BCUT2D eigenvalue weighted by atomic mass is 10.1. The molecule has 1 heterocycles. The van der Waals surface area contributed by atoms with Crippen LogP contribution in [0.4, 0.5) is 18.9 Å². The molecule has 0 aliphatic heterocycles. The molecule has 0 fully saturated rings. The minimum Gasteiger partial charge on any atom is -0.396 e. The number of alkyl halides is 3. The summed E-state index contributed by atoms with van der Waals surface area (Å²) >= 11 is 5.71. The summed E-state index contributed by atoms with van der Waals surface area (Å²) in [7, 11) is 1.60. The highest BCUT2D eigenvalue weighted by atomic mass is 35.5. The number of aryl methyl sites for hydroxylation is 1. The zero-order chi connectivity index (χ0) is 13.5. The Labute approximate surface area is 106 Å². The molecule has 7 heteroatoms. The lowest BCUT2D eigenvalue weighted by Crippen LogP contribution is -2.05. The van der Waals surface area contributed by atoms with Gasteiger partial charge in [0.05, 0.1) is 23.1 Å². The average Bonchev–Trinajstić information content (AvgIpc) is 2.56. The van der Waals surface area contributed by atoms with E-state index in [0.717, 1.165) is 12.1 Å². The molecule has 2 aromatic rings. The van der Waals surface area contributed by atoms with E-state index < -0.39 is 11.7 Å². The zero-order valence-corrected chi connectivity index (χ0v) is 10.0. The fourth-order valence-corrected chi connectivity index (χ4v) is 1.93. The number of nitrogens with two attached hydrogens (primary N) is 1. The van der Waals surface area contributed by atoms with Crippen molar-refractivity contribution in [2.45, 2.75) is 6.18 Å². The van der Waals surface area contributed by atoms with Crippen molar-refractivity contribution in [1.82, 2.24) is 9.78 Å².